The molecule has 2 heterocycles. The van der Waals surface area contributed by atoms with E-state index >= 15 is 0 Å². The molecule has 33 heavy (non-hydrogen) atoms. The summed E-state index contributed by atoms with van der Waals surface area (Å²) in [6.45, 7) is 5.46. The van der Waals surface area contributed by atoms with Crippen LogP contribution in [0.25, 0.3) is 0 Å². The first-order chi connectivity index (χ1) is 15.9. The molecule has 0 radical (unpaired) electrons. The molecule has 4 aromatic rings. The maximum atomic E-state index is 13.7. The summed E-state index contributed by atoms with van der Waals surface area (Å²) in [5.41, 5.74) is 3.23. The minimum atomic E-state index is -0.408. The zero-order valence-electron chi connectivity index (χ0n) is 18.5. The highest BCUT2D eigenvalue weighted by molar-refractivity contribution is 6.04. The third kappa shape index (κ3) is 5.68. The second-order valence-corrected chi connectivity index (χ2v) is 7.65. The molecule has 1 amide bonds. The largest absolute Gasteiger partial charge is 0.340 e. The zero-order valence-corrected chi connectivity index (χ0v) is 18.5. The van der Waals surface area contributed by atoms with Gasteiger partial charge in [0.1, 0.15) is 29.1 Å². The van der Waals surface area contributed by atoms with Crippen molar-refractivity contribution in [2.45, 2.75) is 20.8 Å². The minimum absolute atomic E-state index is 0.264. The number of carbonyl (C=O) groups is 1. The summed E-state index contributed by atoms with van der Waals surface area (Å²) >= 11 is 0. The second-order valence-electron chi connectivity index (χ2n) is 7.65. The lowest BCUT2D eigenvalue weighted by atomic mass is 10.1. The van der Waals surface area contributed by atoms with Gasteiger partial charge in [-0.2, -0.15) is 0 Å². The van der Waals surface area contributed by atoms with Crippen LogP contribution >= 0.6 is 0 Å². The number of pyridine rings is 1. The van der Waals surface area contributed by atoms with Crippen LogP contribution in [0.5, 0.6) is 0 Å². The SMILES string of the molecule is Cc1ccnc(Nc2cc(Nc3ccc(NC(=O)c4ccc(C)c(F)c4)cc3)nc(C)n2)c1. The van der Waals surface area contributed by atoms with Crippen LogP contribution in [0.3, 0.4) is 0 Å². The number of anilines is 5. The van der Waals surface area contributed by atoms with Gasteiger partial charge in [-0.1, -0.05) is 6.07 Å². The number of carbonyl (C=O) groups excluding carboxylic acids is 1. The first kappa shape index (κ1) is 21.9. The van der Waals surface area contributed by atoms with Gasteiger partial charge in [-0.05, 0) is 80.4 Å². The highest BCUT2D eigenvalue weighted by atomic mass is 19.1. The normalized spacial score (nSPS) is 10.5. The van der Waals surface area contributed by atoms with Crippen LogP contribution in [0.4, 0.5) is 33.2 Å². The summed E-state index contributed by atoms with van der Waals surface area (Å²) in [6.07, 6.45) is 1.74. The molecule has 0 aliphatic carbocycles. The highest BCUT2D eigenvalue weighted by Gasteiger charge is 2.09. The summed E-state index contributed by atoms with van der Waals surface area (Å²) in [7, 11) is 0. The highest BCUT2D eigenvalue weighted by Crippen LogP contribution is 2.22. The number of nitrogens with one attached hydrogen (secondary N) is 3. The maximum Gasteiger partial charge on any atom is 0.255 e. The fraction of sp³-hybridized carbons (Fsp3) is 0.120. The number of hydrogen-bond donors (Lipinski definition) is 3. The van der Waals surface area contributed by atoms with Crippen molar-refractivity contribution in [2.75, 3.05) is 16.0 Å². The number of rotatable bonds is 6. The summed E-state index contributed by atoms with van der Waals surface area (Å²) in [5, 5.41) is 9.19. The quantitative estimate of drug-likeness (QED) is 0.356. The van der Waals surface area contributed by atoms with E-state index in [1.807, 2.05) is 38.1 Å². The Hall–Kier alpha value is -4.33. The Bertz CT molecular complexity index is 1310. The molecular weight excluding hydrogens is 419 g/mol. The Kier molecular flexibility index (Phi) is 6.26. The average Bonchev–Trinajstić information content (AvgIpc) is 2.76. The molecule has 0 spiro atoms. The predicted octanol–water partition coefficient (Wildman–Crippen LogP) is 5.68. The zero-order chi connectivity index (χ0) is 23.4. The summed E-state index contributed by atoms with van der Waals surface area (Å²) in [6, 6.07) is 17.2. The second kappa shape index (κ2) is 9.44. The summed E-state index contributed by atoms with van der Waals surface area (Å²) in [4.78, 5) is 25.5. The Morgan fingerprint density at radius 1 is 0.788 bits per heavy atom. The molecule has 0 unspecified atom stereocenters. The van der Waals surface area contributed by atoms with Crippen molar-refractivity contribution in [2.24, 2.45) is 0 Å². The van der Waals surface area contributed by atoms with Crippen LogP contribution in [0.15, 0.2) is 66.9 Å². The van der Waals surface area contributed by atoms with Gasteiger partial charge in [-0.25, -0.2) is 19.3 Å². The summed E-state index contributed by atoms with van der Waals surface area (Å²) < 4.78 is 13.7. The fourth-order valence-corrected chi connectivity index (χ4v) is 3.15. The van der Waals surface area contributed by atoms with Crippen LogP contribution in [-0.4, -0.2) is 20.9 Å². The van der Waals surface area contributed by atoms with E-state index in [4.69, 9.17) is 0 Å². The smallest absolute Gasteiger partial charge is 0.255 e. The van der Waals surface area contributed by atoms with E-state index in [1.54, 1.807) is 43.5 Å². The number of aromatic nitrogens is 3. The third-order valence-corrected chi connectivity index (χ3v) is 4.86. The number of nitrogens with zero attached hydrogens (tertiary/aromatic N) is 3. The van der Waals surface area contributed by atoms with E-state index in [0.717, 1.165) is 11.3 Å². The molecule has 7 nitrogen and oxygen atoms in total. The van der Waals surface area contributed by atoms with Crippen molar-refractivity contribution in [3.63, 3.8) is 0 Å². The first-order valence-electron chi connectivity index (χ1n) is 10.4. The van der Waals surface area contributed by atoms with Gasteiger partial charge < -0.3 is 16.0 Å². The van der Waals surface area contributed by atoms with Gasteiger partial charge in [0, 0.05) is 29.2 Å². The van der Waals surface area contributed by atoms with Gasteiger partial charge in [0.2, 0.25) is 0 Å². The van der Waals surface area contributed by atoms with Crippen molar-refractivity contribution >= 4 is 34.7 Å². The molecule has 2 aromatic heterocycles. The number of benzene rings is 2. The average molecular weight is 442 g/mol. The van der Waals surface area contributed by atoms with Gasteiger partial charge in [0.25, 0.3) is 5.91 Å². The Morgan fingerprint density at radius 2 is 1.48 bits per heavy atom. The van der Waals surface area contributed by atoms with E-state index in [1.165, 1.54) is 6.07 Å². The molecule has 2 aromatic carbocycles. The van der Waals surface area contributed by atoms with Gasteiger partial charge in [-0.15, -0.1) is 0 Å². The molecular formula is C25H23FN6O. The fourth-order valence-electron chi connectivity index (χ4n) is 3.15. The van der Waals surface area contributed by atoms with Crippen molar-refractivity contribution in [3.05, 3.63) is 95.2 Å². The molecule has 0 bridgehead atoms. The molecule has 0 aliphatic rings. The number of halogens is 1. The number of amides is 1. The predicted molar refractivity (Wildman–Crippen MR) is 128 cm³/mol. The van der Waals surface area contributed by atoms with Gasteiger partial charge in [0.15, 0.2) is 0 Å². The standard InChI is InChI=1S/C25H23FN6O/c1-15-10-11-27-22(12-15)32-24-14-23(28-17(3)29-24)30-19-6-8-20(9-7-19)31-25(33)18-5-4-16(2)21(26)13-18/h4-14H,1-3H3,(H,31,33)(H2,27,28,29,30,32). The first-order valence-corrected chi connectivity index (χ1v) is 10.4. The topological polar surface area (TPSA) is 91.8 Å². The summed E-state index contributed by atoms with van der Waals surface area (Å²) in [5.74, 6) is 1.76. The van der Waals surface area contributed by atoms with Crippen molar-refractivity contribution in [3.8, 4) is 0 Å². The number of aryl methyl sites for hydroxylation is 3. The van der Waals surface area contributed by atoms with Crippen LogP contribution in [-0.2, 0) is 0 Å². The van der Waals surface area contributed by atoms with Crippen LogP contribution in [0.2, 0.25) is 0 Å². The van der Waals surface area contributed by atoms with Crippen LogP contribution < -0.4 is 16.0 Å². The minimum Gasteiger partial charge on any atom is -0.340 e. The molecule has 0 saturated carbocycles. The van der Waals surface area contributed by atoms with Crippen molar-refractivity contribution in [1.29, 1.82) is 0 Å². The lowest BCUT2D eigenvalue weighted by Gasteiger charge is -2.11. The Morgan fingerprint density at radius 3 is 2.18 bits per heavy atom. The van der Waals surface area contributed by atoms with Crippen molar-refractivity contribution in [1.82, 2.24) is 15.0 Å². The number of hydrogen-bond acceptors (Lipinski definition) is 6. The molecule has 0 fully saturated rings. The van der Waals surface area contributed by atoms with E-state index in [9.17, 15) is 9.18 Å². The molecule has 8 heteroatoms. The lowest BCUT2D eigenvalue weighted by molar-refractivity contribution is 0.102. The van der Waals surface area contributed by atoms with E-state index in [0.29, 0.717) is 34.5 Å². The molecule has 4 rings (SSSR count). The molecule has 0 atom stereocenters. The molecule has 166 valence electrons. The van der Waals surface area contributed by atoms with Crippen LogP contribution in [0, 0.1) is 26.6 Å². The van der Waals surface area contributed by atoms with Crippen LogP contribution in [0.1, 0.15) is 27.3 Å². The van der Waals surface area contributed by atoms with E-state index < -0.39 is 5.82 Å². The van der Waals surface area contributed by atoms with E-state index in [-0.39, 0.29) is 11.5 Å². The van der Waals surface area contributed by atoms with Gasteiger partial charge >= 0.3 is 0 Å². The third-order valence-electron chi connectivity index (χ3n) is 4.86. The van der Waals surface area contributed by atoms with Gasteiger partial charge in [0.05, 0.1) is 0 Å². The molecule has 3 N–H and O–H groups in total. The molecule has 0 aliphatic heterocycles. The Balaban J connectivity index is 1.43. The maximum absolute atomic E-state index is 13.7. The Labute approximate surface area is 191 Å². The lowest BCUT2D eigenvalue weighted by Crippen LogP contribution is -2.12. The van der Waals surface area contributed by atoms with E-state index in [2.05, 4.69) is 30.9 Å². The van der Waals surface area contributed by atoms with Gasteiger partial charge in [-0.3, -0.25) is 4.79 Å². The molecule has 0 saturated heterocycles. The monoisotopic (exact) mass is 442 g/mol. The van der Waals surface area contributed by atoms with Crippen molar-refractivity contribution < 1.29 is 9.18 Å².